The van der Waals surface area contributed by atoms with Gasteiger partial charge in [0.15, 0.2) is 5.13 Å². The van der Waals surface area contributed by atoms with Crippen molar-refractivity contribution in [2.45, 2.75) is 31.0 Å². The summed E-state index contributed by atoms with van der Waals surface area (Å²) in [6.07, 6.45) is -2.67. The molecule has 1 fully saturated rings. The van der Waals surface area contributed by atoms with Gasteiger partial charge in [0.25, 0.3) is 0 Å². The lowest BCUT2D eigenvalue weighted by molar-refractivity contribution is -0.141. The Morgan fingerprint density at radius 2 is 1.79 bits per heavy atom. The van der Waals surface area contributed by atoms with E-state index in [0.717, 1.165) is 5.56 Å². The van der Waals surface area contributed by atoms with Crippen molar-refractivity contribution >= 4 is 39.9 Å². The molecule has 3 N–H and O–H groups in total. The molecule has 1 amide bonds. The van der Waals surface area contributed by atoms with E-state index >= 15 is 0 Å². The van der Waals surface area contributed by atoms with Crippen LogP contribution >= 0.6 is 22.9 Å². The number of hydrogen-bond acceptors (Lipinski definition) is 6. The van der Waals surface area contributed by atoms with Crippen molar-refractivity contribution in [3.63, 3.8) is 0 Å². The number of halogens is 1. The summed E-state index contributed by atoms with van der Waals surface area (Å²) in [5.41, 5.74) is 2.01. The summed E-state index contributed by atoms with van der Waals surface area (Å²) in [4.78, 5) is 31.2. The molecule has 4 atom stereocenters. The Morgan fingerprint density at radius 1 is 1.09 bits per heavy atom. The molecule has 0 saturated carbocycles. The molecule has 1 aliphatic rings. The highest BCUT2D eigenvalue weighted by atomic mass is 35.5. The second-order valence-corrected chi connectivity index (χ2v) is 9.28. The molecule has 4 rings (SSSR count). The zero-order chi connectivity index (χ0) is 23.5. The fraction of sp³-hybridized carbons (Fsp3) is 0.292. The van der Waals surface area contributed by atoms with Crippen LogP contribution in [-0.4, -0.2) is 50.9 Å². The van der Waals surface area contributed by atoms with Gasteiger partial charge in [0.05, 0.1) is 36.8 Å². The average molecular weight is 487 g/mol. The lowest BCUT2D eigenvalue weighted by Gasteiger charge is -2.37. The Labute approximate surface area is 199 Å². The first kappa shape index (κ1) is 23.4. The molecule has 0 bridgehead atoms. The summed E-state index contributed by atoms with van der Waals surface area (Å²) in [6.45, 7) is -0.187. The molecule has 9 heteroatoms. The van der Waals surface area contributed by atoms with E-state index < -0.39 is 42.3 Å². The van der Waals surface area contributed by atoms with Gasteiger partial charge in [-0.25, -0.2) is 4.98 Å². The monoisotopic (exact) mass is 486 g/mol. The Bertz CT molecular complexity index is 1140. The van der Waals surface area contributed by atoms with E-state index in [1.54, 1.807) is 41.8 Å². The van der Waals surface area contributed by atoms with Crippen LogP contribution in [0.1, 0.15) is 24.3 Å². The van der Waals surface area contributed by atoms with Crippen LogP contribution in [0.5, 0.6) is 0 Å². The van der Waals surface area contributed by atoms with E-state index in [0.29, 0.717) is 21.4 Å². The molecule has 1 aliphatic heterocycles. The van der Waals surface area contributed by atoms with Gasteiger partial charge in [-0.05, 0) is 24.0 Å². The molecule has 2 aromatic carbocycles. The zero-order valence-corrected chi connectivity index (χ0v) is 19.1. The molecule has 3 aromatic rings. The molecular formula is C24H23ClN2O5S. The summed E-state index contributed by atoms with van der Waals surface area (Å²) in [5.74, 6) is -3.07. The largest absolute Gasteiger partial charge is 0.481 e. The van der Waals surface area contributed by atoms with Crippen molar-refractivity contribution in [3.05, 3.63) is 70.6 Å². The van der Waals surface area contributed by atoms with Crippen LogP contribution < -0.4 is 4.90 Å². The molecule has 0 radical (unpaired) electrons. The minimum Gasteiger partial charge on any atom is -0.481 e. The fourth-order valence-corrected chi connectivity index (χ4v) is 5.26. The minimum absolute atomic E-state index is 0.0749. The number of nitrogens with zero attached hydrogens (tertiary/aromatic N) is 2. The Hall–Kier alpha value is -2.78. The highest BCUT2D eigenvalue weighted by Gasteiger charge is 2.41. The summed E-state index contributed by atoms with van der Waals surface area (Å²) in [5, 5.41) is 33.4. The first-order valence-corrected chi connectivity index (χ1v) is 11.8. The number of rotatable bonds is 5. The maximum Gasteiger partial charge on any atom is 0.304 e. The van der Waals surface area contributed by atoms with Crippen LogP contribution in [0.15, 0.2) is 60.0 Å². The van der Waals surface area contributed by atoms with Gasteiger partial charge in [0, 0.05) is 16.0 Å². The first-order chi connectivity index (χ1) is 15.8. The van der Waals surface area contributed by atoms with E-state index in [9.17, 15) is 24.9 Å². The summed E-state index contributed by atoms with van der Waals surface area (Å²) >= 11 is 7.48. The third-order valence-corrected chi connectivity index (χ3v) is 7.07. The van der Waals surface area contributed by atoms with Gasteiger partial charge < -0.3 is 15.3 Å². The highest BCUT2D eigenvalue weighted by molar-refractivity contribution is 7.14. The van der Waals surface area contributed by atoms with E-state index in [2.05, 4.69) is 4.98 Å². The predicted molar refractivity (Wildman–Crippen MR) is 126 cm³/mol. The van der Waals surface area contributed by atoms with Crippen LogP contribution in [-0.2, 0) is 9.59 Å². The number of carbonyl (C=O) groups excluding carboxylic acids is 1. The maximum atomic E-state index is 13.7. The van der Waals surface area contributed by atoms with Crippen LogP contribution in [0.2, 0.25) is 5.02 Å². The standard InChI is InChI=1S/C24H23ClN2O5S/c25-18-9-5-4-8-15(18)19-13-33-24(26-19)27-12-21(29)20(28)10-16(14-6-2-1-3-7-14)17(23(27)32)11-22(30)31/h1-9,13,16-17,20-21,28-29H,10-12H2,(H,30,31)/t16-,17+,20?,21-/m1/s1. The van der Waals surface area contributed by atoms with Crippen LogP contribution in [0.4, 0.5) is 5.13 Å². The second-order valence-electron chi connectivity index (χ2n) is 8.04. The van der Waals surface area contributed by atoms with Crippen LogP contribution in [0.25, 0.3) is 11.3 Å². The summed E-state index contributed by atoms with van der Waals surface area (Å²) in [6, 6.07) is 16.2. The van der Waals surface area contributed by atoms with Crippen molar-refractivity contribution < 1.29 is 24.9 Å². The van der Waals surface area contributed by atoms with Crippen LogP contribution in [0.3, 0.4) is 0 Å². The topological polar surface area (TPSA) is 111 Å². The highest BCUT2D eigenvalue weighted by Crippen LogP contribution is 2.38. The molecule has 2 heterocycles. The molecule has 1 aromatic heterocycles. The van der Waals surface area contributed by atoms with Crippen molar-refractivity contribution in [2.24, 2.45) is 5.92 Å². The smallest absolute Gasteiger partial charge is 0.304 e. The van der Waals surface area contributed by atoms with E-state index in [1.807, 2.05) is 18.2 Å². The number of amides is 1. The molecule has 1 unspecified atom stereocenters. The van der Waals surface area contributed by atoms with Gasteiger partial charge >= 0.3 is 5.97 Å². The van der Waals surface area contributed by atoms with Gasteiger partial charge in [0.1, 0.15) is 0 Å². The zero-order valence-electron chi connectivity index (χ0n) is 17.5. The number of aromatic nitrogens is 1. The Balaban J connectivity index is 1.74. The lowest BCUT2D eigenvalue weighted by Crippen LogP contribution is -2.50. The Kier molecular flexibility index (Phi) is 7.09. The van der Waals surface area contributed by atoms with Gasteiger partial charge in [-0.15, -0.1) is 11.3 Å². The van der Waals surface area contributed by atoms with Crippen molar-refractivity contribution in [2.75, 3.05) is 11.4 Å². The van der Waals surface area contributed by atoms with Gasteiger partial charge in [-0.2, -0.15) is 0 Å². The number of carboxylic acids is 1. The number of thiazole rings is 1. The van der Waals surface area contributed by atoms with E-state index in [-0.39, 0.29) is 13.0 Å². The SMILES string of the molecule is O=C(O)C[C@@H]1C(=O)N(c2nc(-c3ccccc3Cl)cs2)C[C@@H](O)C(O)C[C@@H]1c1ccccc1. The minimum atomic E-state index is -1.21. The van der Waals surface area contributed by atoms with E-state index in [4.69, 9.17) is 11.6 Å². The molecule has 7 nitrogen and oxygen atoms in total. The quantitative estimate of drug-likeness (QED) is 0.506. The number of β-amino-alcohol motifs (C(OH)–C–C–N with tert-alkyl or cyclic N) is 1. The van der Waals surface area contributed by atoms with E-state index in [1.165, 1.54) is 16.2 Å². The molecule has 0 spiro atoms. The maximum absolute atomic E-state index is 13.7. The second kappa shape index (κ2) is 10.0. The summed E-state index contributed by atoms with van der Waals surface area (Å²) < 4.78 is 0. The summed E-state index contributed by atoms with van der Waals surface area (Å²) in [7, 11) is 0. The number of hydrogen-bond donors (Lipinski definition) is 3. The number of aliphatic hydroxyl groups excluding tert-OH is 2. The number of anilines is 1. The van der Waals surface area contributed by atoms with Crippen molar-refractivity contribution in [3.8, 4) is 11.3 Å². The number of aliphatic carboxylic acids is 1. The number of aliphatic hydroxyl groups is 2. The van der Waals surface area contributed by atoms with Crippen molar-refractivity contribution in [1.82, 2.24) is 4.98 Å². The lowest BCUT2D eigenvalue weighted by atomic mass is 9.77. The number of benzene rings is 2. The molecule has 33 heavy (non-hydrogen) atoms. The van der Waals surface area contributed by atoms with Crippen LogP contribution in [0, 0.1) is 5.92 Å². The van der Waals surface area contributed by atoms with Gasteiger partial charge in [-0.1, -0.05) is 60.1 Å². The number of carbonyl (C=O) groups is 2. The third kappa shape index (κ3) is 5.09. The van der Waals surface area contributed by atoms with Gasteiger partial charge in [-0.3, -0.25) is 14.5 Å². The molecular weight excluding hydrogens is 464 g/mol. The van der Waals surface area contributed by atoms with Gasteiger partial charge in [0.2, 0.25) is 5.91 Å². The average Bonchev–Trinajstić information content (AvgIpc) is 3.28. The molecule has 172 valence electrons. The number of carboxylic acid groups (broad SMARTS) is 1. The normalized spacial score (nSPS) is 23.7. The Morgan fingerprint density at radius 3 is 2.48 bits per heavy atom. The molecule has 0 aliphatic carbocycles. The third-order valence-electron chi connectivity index (χ3n) is 5.87. The predicted octanol–water partition coefficient (Wildman–Crippen LogP) is 3.80. The molecule has 1 saturated heterocycles. The fourth-order valence-electron chi connectivity index (χ4n) is 4.19. The first-order valence-electron chi connectivity index (χ1n) is 10.5. The van der Waals surface area contributed by atoms with Crippen molar-refractivity contribution in [1.29, 1.82) is 0 Å².